The van der Waals surface area contributed by atoms with Gasteiger partial charge in [0.15, 0.2) is 5.96 Å². The molecule has 4 rings (SSSR count). The van der Waals surface area contributed by atoms with Crippen molar-refractivity contribution in [2.24, 2.45) is 4.99 Å². The molecule has 164 valence electrons. The van der Waals surface area contributed by atoms with E-state index in [0.29, 0.717) is 0 Å². The van der Waals surface area contributed by atoms with Gasteiger partial charge in [0.25, 0.3) is 0 Å². The second-order valence-electron chi connectivity index (χ2n) is 7.33. The van der Waals surface area contributed by atoms with Crippen LogP contribution in [0, 0.1) is 12.7 Å². The Hall–Kier alpha value is -2.62. The molecule has 0 aliphatic carbocycles. The first kappa shape index (κ1) is 23.1. The van der Waals surface area contributed by atoms with Crippen molar-refractivity contribution in [1.29, 1.82) is 0 Å². The highest BCUT2D eigenvalue weighted by Gasteiger charge is 2.07. The normalized spacial score (nSPS) is 11.6. The van der Waals surface area contributed by atoms with Gasteiger partial charge in [-0.3, -0.25) is 4.99 Å². The average molecular weight is 534 g/mol. The zero-order valence-corrected chi connectivity index (χ0v) is 20.1. The number of benzene rings is 2. The number of hydrogen-bond donors (Lipinski definition) is 3. The van der Waals surface area contributed by atoms with Crippen molar-refractivity contribution in [3.8, 4) is 0 Å². The Kier molecular flexibility index (Phi) is 7.89. The highest BCUT2D eigenvalue weighted by molar-refractivity contribution is 14.0. The molecule has 8 heteroatoms. The number of H-pyrrole nitrogens is 1. The SMILES string of the molecule is CN=C(NCCCn1c(C)nc2ccccc21)NCCc1c[nH]c2cc(F)ccc12.I. The van der Waals surface area contributed by atoms with E-state index in [2.05, 4.69) is 36.2 Å². The first-order valence-electron chi connectivity index (χ1n) is 10.3. The van der Waals surface area contributed by atoms with Gasteiger partial charge in [-0.25, -0.2) is 9.37 Å². The van der Waals surface area contributed by atoms with Crippen molar-refractivity contribution >= 4 is 51.9 Å². The van der Waals surface area contributed by atoms with Crippen molar-refractivity contribution in [3.05, 3.63) is 65.9 Å². The van der Waals surface area contributed by atoms with Crippen molar-refractivity contribution in [3.63, 3.8) is 0 Å². The third-order valence-corrected chi connectivity index (χ3v) is 5.34. The largest absolute Gasteiger partial charge is 0.361 e. The van der Waals surface area contributed by atoms with Crippen LogP contribution in [0.15, 0.2) is 53.7 Å². The number of aromatic amines is 1. The summed E-state index contributed by atoms with van der Waals surface area (Å²) >= 11 is 0. The van der Waals surface area contributed by atoms with Crippen LogP contribution in [-0.4, -0.2) is 40.6 Å². The van der Waals surface area contributed by atoms with E-state index in [1.54, 1.807) is 7.05 Å². The lowest BCUT2D eigenvalue weighted by Crippen LogP contribution is -2.39. The Balaban J connectivity index is 0.00000272. The molecule has 0 saturated carbocycles. The summed E-state index contributed by atoms with van der Waals surface area (Å²) in [6.45, 7) is 4.52. The predicted octanol–water partition coefficient (Wildman–Crippen LogP) is 4.38. The second-order valence-corrected chi connectivity index (χ2v) is 7.33. The van der Waals surface area contributed by atoms with Crippen LogP contribution >= 0.6 is 24.0 Å². The van der Waals surface area contributed by atoms with Crippen molar-refractivity contribution in [1.82, 2.24) is 25.2 Å². The molecule has 2 aromatic carbocycles. The van der Waals surface area contributed by atoms with Gasteiger partial charge in [-0.15, -0.1) is 24.0 Å². The Morgan fingerprint density at radius 1 is 1.16 bits per heavy atom. The standard InChI is InChI=1S/C23H27FN6.HI/c1-16-29-20-6-3-4-7-22(20)30(16)13-5-11-26-23(25-2)27-12-10-17-15-28-21-14-18(24)8-9-19(17)21;/h3-4,6-9,14-15,28H,5,10-13H2,1-2H3,(H2,25,26,27);1H. The number of aliphatic imine (C=N–C) groups is 1. The summed E-state index contributed by atoms with van der Waals surface area (Å²) in [5.74, 6) is 1.60. The molecular weight excluding hydrogens is 506 g/mol. The topological polar surface area (TPSA) is 70.0 Å². The van der Waals surface area contributed by atoms with E-state index in [0.717, 1.165) is 66.2 Å². The second kappa shape index (κ2) is 10.6. The maximum atomic E-state index is 13.3. The monoisotopic (exact) mass is 534 g/mol. The van der Waals surface area contributed by atoms with Crippen LogP contribution in [0.1, 0.15) is 17.8 Å². The lowest BCUT2D eigenvalue weighted by molar-refractivity contribution is 0.624. The average Bonchev–Trinajstić information content (AvgIpc) is 3.29. The van der Waals surface area contributed by atoms with E-state index in [9.17, 15) is 4.39 Å². The van der Waals surface area contributed by atoms with Gasteiger partial charge in [0.2, 0.25) is 0 Å². The third kappa shape index (κ3) is 5.36. The molecular formula is C23H28FIN6. The van der Waals surface area contributed by atoms with Gasteiger partial charge in [-0.05, 0) is 55.7 Å². The minimum Gasteiger partial charge on any atom is -0.361 e. The van der Waals surface area contributed by atoms with E-state index >= 15 is 0 Å². The summed E-state index contributed by atoms with van der Waals surface area (Å²) in [6.07, 6.45) is 3.74. The molecule has 0 bridgehead atoms. The summed E-state index contributed by atoms with van der Waals surface area (Å²) in [7, 11) is 1.78. The van der Waals surface area contributed by atoms with Gasteiger partial charge in [0.05, 0.1) is 11.0 Å². The summed E-state index contributed by atoms with van der Waals surface area (Å²) < 4.78 is 15.6. The molecule has 2 aromatic heterocycles. The number of rotatable bonds is 7. The Morgan fingerprint density at radius 2 is 1.97 bits per heavy atom. The fourth-order valence-corrected chi connectivity index (χ4v) is 3.82. The number of guanidine groups is 1. The van der Waals surface area contributed by atoms with Crippen LogP contribution in [0.2, 0.25) is 0 Å². The minimum atomic E-state index is -0.225. The molecule has 0 aliphatic rings. The van der Waals surface area contributed by atoms with Crippen molar-refractivity contribution in [2.75, 3.05) is 20.1 Å². The Bertz CT molecular complexity index is 1180. The number of halogens is 2. The van der Waals surface area contributed by atoms with Crippen LogP contribution in [-0.2, 0) is 13.0 Å². The number of aryl methyl sites for hydroxylation is 2. The Labute approximate surface area is 198 Å². The molecule has 6 nitrogen and oxygen atoms in total. The van der Waals surface area contributed by atoms with Gasteiger partial charge in [-0.1, -0.05) is 12.1 Å². The van der Waals surface area contributed by atoms with Crippen LogP contribution in [0.4, 0.5) is 4.39 Å². The molecule has 3 N–H and O–H groups in total. The molecule has 4 aromatic rings. The first-order chi connectivity index (χ1) is 14.7. The number of imidazole rings is 1. The van der Waals surface area contributed by atoms with Gasteiger partial charge in [0.1, 0.15) is 11.6 Å². The molecule has 0 unspecified atom stereocenters. The summed E-state index contributed by atoms with van der Waals surface area (Å²) in [5.41, 5.74) is 4.21. The predicted molar refractivity (Wildman–Crippen MR) is 136 cm³/mol. The highest BCUT2D eigenvalue weighted by atomic mass is 127. The third-order valence-electron chi connectivity index (χ3n) is 5.34. The number of nitrogens with one attached hydrogen (secondary N) is 3. The molecule has 0 saturated heterocycles. The van der Waals surface area contributed by atoms with Crippen LogP contribution in [0.5, 0.6) is 0 Å². The molecule has 0 fully saturated rings. The van der Waals surface area contributed by atoms with Crippen LogP contribution < -0.4 is 10.6 Å². The zero-order valence-electron chi connectivity index (χ0n) is 17.8. The molecule has 0 aliphatic heterocycles. The summed E-state index contributed by atoms with van der Waals surface area (Å²) in [6, 6.07) is 13.1. The number of nitrogens with zero attached hydrogens (tertiary/aromatic N) is 3. The maximum absolute atomic E-state index is 13.3. The van der Waals surface area contributed by atoms with Crippen molar-refractivity contribution < 1.29 is 4.39 Å². The molecule has 0 atom stereocenters. The van der Waals surface area contributed by atoms with Gasteiger partial charge >= 0.3 is 0 Å². The smallest absolute Gasteiger partial charge is 0.190 e. The number of para-hydroxylation sites is 2. The maximum Gasteiger partial charge on any atom is 0.190 e. The van der Waals surface area contributed by atoms with E-state index < -0.39 is 0 Å². The quantitative estimate of drug-likeness (QED) is 0.143. The van der Waals surface area contributed by atoms with E-state index in [4.69, 9.17) is 0 Å². The van der Waals surface area contributed by atoms with Gasteiger partial charge in [-0.2, -0.15) is 0 Å². The molecule has 2 heterocycles. The number of hydrogen-bond acceptors (Lipinski definition) is 2. The highest BCUT2D eigenvalue weighted by Crippen LogP contribution is 2.19. The van der Waals surface area contributed by atoms with E-state index in [1.807, 2.05) is 37.4 Å². The molecule has 31 heavy (non-hydrogen) atoms. The number of aromatic nitrogens is 3. The fraction of sp³-hybridized carbons (Fsp3) is 0.304. The van der Waals surface area contributed by atoms with Crippen LogP contribution in [0.3, 0.4) is 0 Å². The van der Waals surface area contributed by atoms with Crippen molar-refractivity contribution in [2.45, 2.75) is 26.3 Å². The summed E-state index contributed by atoms with van der Waals surface area (Å²) in [5, 5.41) is 7.78. The van der Waals surface area contributed by atoms with E-state index in [-0.39, 0.29) is 29.8 Å². The lowest BCUT2D eigenvalue weighted by Gasteiger charge is -2.12. The van der Waals surface area contributed by atoms with Gasteiger partial charge < -0.3 is 20.2 Å². The molecule has 0 spiro atoms. The Morgan fingerprint density at radius 3 is 2.81 bits per heavy atom. The number of fused-ring (bicyclic) bond motifs is 2. The minimum absolute atomic E-state index is 0. The molecule has 0 radical (unpaired) electrons. The first-order valence-corrected chi connectivity index (χ1v) is 10.3. The van der Waals surface area contributed by atoms with Crippen LogP contribution in [0.25, 0.3) is 21.9 Å². The zero-order chi connectivity index (χ0) is 20.9. The van der Waals surface area contributed by atoms with Gasteiger partial charge in [0, 0.05) is 43.8 Å². The van der Waals surface area contributed by atoms with E-state index in [1.165, 1.54) is 17.6 Å². The lowest BCUT2D eigenvalue weighted by atomic mass is 10.1. The fourth-order valence-electron chi connectivity index (χ4n) is 3.82. The molecule has 0 amide bonds. The summed E-state index contributed by atoms with van der Waals surface area (Å²) in [4.78, 5) is 12.1.